The smallest absolute Gasteiger partial charge is 0.472 e. The second-order valence-electron chi connectivity index (χ2n) is 13.4. The number of phosphoric acid groups is 1. The number of phosphoric ester groups is 1. The zero-order chi connectivity index (χ0) is 37.8. The van der Waals surface area contributed by atoms with Gasteiger partial charge in [0.2, 0.25) is 0 Å². The number of rotatable bonds is 37. The van der Waals surface area contributed by atoms with Crippen molar-refractivity contribution in [3.63, 3.8) is 0 Å². The Morgan fingerprint density at radius 3 is 1.47 bits per heavy atom. The van der Waals surface area contributed by atoms with E-state index in [0.29, 0.717) is 12.8 Å². The minimum absolute atomic E-state index is 0.156. The Morgan fingerprint density at radius 2 is 0.980 bits per heavy atom. The van der Waals surface area contributed by atoms with E-state index in [1.807, 2.05) is 0 Å². The van der Waals surface area contributed by atoms with Crippen LogP contribution in [0.5, 0.6) is 0 Å². The third kappa shape index (κ3) is 34.8. The number of unbranched alkanes of at least 4 members (excludes halogenated alkanes) is 19. The fourth-order valence-corrected chi connectivity index (χ4v) is 6.01. The van der Waals surface area contributed by atoms with Gasteiger partial charge in [-0.3, -0.25) is 23.4 Å². The van der Waals surface area contributed by atoms with E-state index in [1.54, 1.807) is 0 Å². The van der Waals surface area contributed by atoms with Gasteiger partial charge in [0.05, 0.1) is 13.2 Å². The Labute approximate surface area is 309 Å². The van der Waals surface area contributed by atoms with Crippen LogP contribution in [0.15, 0.2) is 24.3 Å². The van der Waals surface area contributed by atoms with Crippen molar-refractivity contribution >= 4 is 25.7 Å². The SMILES string of the molecule is CCCCC/C=C/CCCCCCCC(=O)OC[C@H](COP(=O)(O)OC[C@H](N)C(=O)O)OC(=O)CCCCCCCCC/C=C/CCCCCC. The van der Waals surface area contributed by atoms with Crippen molar-refractivity contribution in [3.05, 3.63) is 24.3 Å². The van der Waals surface area contributed by atoms with E-state index in [2.05, 4.69) is 42.7 Å². The van der Waals surface area contributed by atoms with E-state index < -0.39 is 51.1 Å². The minimum atomic E-state index is -4.71. The lowest BCUT2D eigenvalue weighted by Gasteiger charge is -2.20. The summed E-state index contributed by atoms with van der Waals surface area (Å²) in [5.74, 6) is -2.39. The predicted molar refractivity (Wildman–Crippen MR) is 203 cm³/mol. The van der Waals surface area contributed by atoms with Crippen LogP contribution < -0.4 is 5.73 Å². The largest absolute Gasteiger partial charge is 0.480 e. The molecular weight excluding hydrogens is 673 g/mol. The summed E-state index contributed by atoms with van der Waals surface area (Å²) in [6.07, 6.45) is 33.9. The number of carbonyl (C=O) groups is 3. The molecule has 0 heterocycles. The molecule has 0 aliphatic rings. The predicted octanol–water partition coefficient (Wildman–Crippen LogP) is 9.89. The van der Waals surface area contributed by atoms with E-state index in [0.717, 1.165) is 70.6 Å². The topological polar surface area (TPSA) is 172 Å². The molecule has 11 nitrogen and oxygen atoms in total. The van der Waals surface area contributed by atoms with Gasteiger partial charge in [-0.15, -0.1) is 0 Å². The summed E-state index contributed by atoms with van der Waals surface area (Å²) in [6.45, 7) is 2.74. The highest BCUT2D eigenvalue weighted by molar-refractivity contribution is 7.47. The highest BCUT2D eigenvalue weighted by atomic mass is 31.2. The molecule has 0 fully saturated rings. The van der Waals surface area contributed by atoms with Crippen LogP contribution in [-0.4, -0.2) is 59.9 Å². The summed E-state index contributed by atoms with van der Waals surface area (Å²) in [4.78, 5) is 45.8. The molecule has 3 atom stereocenters. The molecular formula is C39H72NO10P. The van der Waals surface area contributed by atoms with Gasteiger partial charge in [0.15, 0.2) is 6.10 Å². The van der Waals surface area contributed by atoms with Gasteiger partial charge in [-0.05, 0) is 64.2 Å². The maximum absolute atomic E-state index is 12.6. The van der Waals surface area contributed by atoms with Crippen LogP contribution in [0.2, 0.25) is 0 Å². The third-order valence-corrected chi connectivity index (χ3v) is 9.37. The van der Waals surface area contributed by atoms with Crippen molar-refractivity contribution < 1.29 is 47.5 Å². The number of ether oxygens (including phenoxy) is 2. The Hall–Kier alpha value is -2.04. The molecule has 12 heteroatoms. The molecule has 0 radical (unpaired) electrons. The Kier molecular flexibility index (Phi) is 33.6. The molecule has 0 aliphatic carbocycles. The number of hydrogen-bond acceptors (Lipinski definition) is 9. The zero-order valence-corrected chi connectivity index (χ0v) is 32.8. The molecule has 0 aromatic carbocycles. The Bertz CT molecular complexity index is 974. The van der Waals surface area contributed by atoms with E-state index >= 15 is 0 Å². The fraction of sp³-hybridized carbons (Fsp3) is 0.821. The Balaban J connectivity index is 4.43. The maximum atomic E-state index is 12.6. The highest BCUT2D eigenvalue weighted by Crippen LogP contribution is 2.43. The maximum Gasteiger partial charge on any atom is 0.472 e. The molecule has 0 rings (SSSR count). The van der Waals surface area contributed by atoms with E-state index in [4.69, 9.17) is 24.8 Å². The van der Waals surface area contributed by atoms with E-state index in [1.165, 1.54) is 64.2 Å². The number of allylic oxidation sites excluding steroid dienone is 4. The molecule has 0 saturated heterocycles. The van der Waals surface area contributed by atoms with Crippen LogP contribution in [0, 0.1) is 0 Å². The van der Waals surface area contributed by atoms with Gasteiger partial charge in [-0.2, -0.15) is 0 Å². The van der Waals surface area contributed by atoms with Gasteiger partial charge in [-0.25, -0.2) is 4.57 Å². The van der Waals surface area contributed by atoms with Crippen molar-refractivity contribution in [2.75, 3.05) is 19.8 Å². The molecule has 51 heavy (non-hydrogen) atoms. The molecule has 0 spiro atoms. The van der Waals surface area contributed by atoms with Crippen LogP contribution in [0.25, 0.3) is 0 Å². The van der Waals surface area contributed by atoms with Crippen molar-refractivity contribution in [1.82, 2.24) is 0 Å². The normalized spacial score (nSPS) is 14.1. The third-order valence-electron chi connectivity index (χ3n) is 8.42. The Morgan fingerprint density at radius 1 is 0.588 bits per heavy atom. The van der Waals surface area contributed by atoms with Crippen LogP contribution in [0.1, 0.15) is 174 Å². The monoisotopic (exact) mass is 745 g/mol. The highest BCUT2D eigenvalue weighted by Gasteiger charge is 2.28. The number of hydrogen-bond donors (Lipinski definition) is 3. The molecule has 0 amide bonds. The van der Waals surface area contributed by atoms with Crippen molar-refractivity contribution in [3.8, 4) is 0 Å². The average Bonchev–Trinajstić information content (AvgIpc) is 3.10. The van der Waals surface area contributed by atoms with Gasteiger partial charge in [0.1, 0.15) is 12.6 Å². The van der Waals surface area contributed by atoms with Crippen LogP contribution in [0.3, 0.4) is 0 Å². The van der Waals surface area contributed by atoms with Gasteiger partial charge in [0, 0.05) is 12.8 Å². The molecule has 0 aromatic heterocycles. The quantitative estimate of drug-likeness (QED) is 0.0239. The zero-order valence-electron chi connectivity index (χ0n) is 31.9. The molecule has 0 saturated carbocycles. The number of aliphatic carboxylic acids is 1. The lowest BCUT2D eigenvalue weighted by Crippen LogP contribution is -2.34. The van der Waals surface area contributed by atoms with Gasteiger partial charge in [-0.1, -0.05) is 122 Å². The first-order valence-electron chi connectivity index (χ1n) is 19.9. The molecule has 0 bridgehead atoms. The summed E-state index contributed by atoms with van der Waals surface area (Å²) in [7, 11) is -4.71. The first kappa shape index (κ1) is 49.0. The van der Waals surface area contributed by atoms with Gasteiger partial charge in [0.25, 0.3) is 0 Å². The molecule has 298 valence electrons. The van der Waals surface area contributed by atoms with Crippen LogP contribution in [-0.2, 0) is 37.5 Å². The standard InChI is InChI=1S/C39H72NO10P/c1-3-5-7-9-11-13-15-17-18-19-21-23-25-27-29-31-38(42)50-35(33-48-51(45,46)49-34-36(40)39(43)44)32-47-37(41)30-28-26-24-22-20-16-14-12-10-8-6-4-2/h12-15,35-36H,3-11,16-34,40H2,1-2H3,(H,43,44)(H,45,46)/b14-12+,15-13+/t35-,36+/m1/s1. The number of carbonyl (C=O) groups excluding carboxylic acids is 2. The molecule has 0 aliphatic heterocycles. The average molecular weight is 746 g/mol. The summed E-state index contributed by atoms with van der Waals surface area (Å²) >= 11 is 0. The second-order valence-corrected chi connectivity index (χ2v) is 14.9. The van der Waals surface area contributed by atoms with Crippen molar-refractivity contribution in [2.24, 2.45) is 5.73 Å². The van der Waals surface area contributed by atoms with Crippen LogP contribution >= 0.6 is 7.82 Å². The first-order valence-corrected chi connectivity index (χ1v) is 21.4. The van der Waals surface area contributed by atoms with Gasteiger partial charge < -0.3 is 25.2 Å². The van der Waals surface area contributed by atoms with Crippen molar-refractivity contribution in [2.45, 2.75) is 187 Å². The van der Waals surface area contributed by atoms with Crippen molar-refractivity contribution in [1.29, 1.82) is 0 Å². The molecule has 0 aromatic rings. The summed E-state index contributed by atoms with van der Waals surface area (Å²) in [6, 6.07) is -1.52. The summed E-state index contributed by atoms with van der Waals surface area (Å²) in [5, 5.41) is 8.86. The fourth-order valence-electron chi connectivity index (χ4n) is 5.23. The minimum Gasteiger partial charge on any atom is -0.480 e. The van der Waals surface area contributed by atoms with E-state index in [-0.39, 0.29) is 19.4 Å². The lowest BCUT2D eigenvalue weighted by molar-refractivity contribution is -0.161. The molecule has 1 unspecified atom stereocenters. The number of carboxylic acids is 1. The second kappa shape index (κ2) is 35.0. The number of carboxylic acid groups (broad SMARTS) is 1. The van der Waals surface area contributed by atoms with Gasteiger partial charge >= 0.3 is 25.7 Å². The number of esters is 2. The summed E-state index contributed by atoms with van der Waals surface area (Å²) in [5.41, 5.74) is 5.32. The van der Waals surface area contributed by atoms with E-state index in [9.17, 15) is 23.8 Å². The first-order chi connectivity index (χ1) is 24.6. The summed E-state index contributed by atoms with van der Waals surface area (Å²) < 4.78 is 32.6. The number of nitrogens with two attached hydrogens (primary N) is 1. The molecule has 4 N–H and O–H groups in total. The van der Waals surface area contributed by atoms with Crippen LogP contribution in [0.4, 0.5) is 0 Å². The lowest BCUT2D eigenvalue weighted by atomic mass is 10.1.